The largest absolute Gasteiger partial charge is 0.325 e. The summed E-state index contributed by atoms with van der Waals surface area (Å²) in [6.45, 7) is 0.421. The molecular weight excluding hydrogens is 202 g/mol. The standard InChI is InChI=1S/C11H13N5/c12-7-10-11(8-3-5-13-6-4-8)16(15-14-10)9-1-2-9/h3-6,9H,1-2,7,12H2. The van der Waals surface area contributed by atoms with Gasteiger partial charge in [0.25, 0.3) is 0 Å². The van der Waals surface area contributed by atoms with Gasteiger partial charge in [-0.2, -0.15) is 0 Å². The molecule has 16 heavy (non-hydrogen) atoms. The number of nitrogens with zero attached hydrogens (tertiary/aromatic N) is 4. The fraction of sp³-hybridized carbons (Fsp3) is 0.364. The number of aromatic nitrogens is 4. The van der Waals surface area contributed by atoms with Crippen LogP contribution in [0.5, 0.6) is 0 Å². The minimum atomic E-state index is 0.421. The van der Waals surface area contributed by atoms with Gasteiger partial charge in [-0.15, -0.1) is 5.10 Å². The zero-order valence-corrected chi connectivity index (χ0v) is 8.87. The molecule has 0 bridgehead atoms. The van der Waals surface area contributed by atoms with Gasteiger partial charge in [0.2, 0.25) is 0 Å². The Hall–Kier alpha value is -1.75. The van der Waals surface area contributed by atoms with E-state index in [0.717, 1.165) is 17.0 Å². The third-order valence-electron chi connectivity index (χ3n) is 2.80. The molecule has 0 amide bonds. The average molecular weight is 215 g/mol. The van der Waals surface area contributed by atoms with Crippen molar-refractivity contribution >= 4 is 0 Å². The first-order valence-corrected chi connectivity index (χ1v) is 5.44. The number of hydrogen-bond acceptors (Lipinski definition) is 4. The molecule has 0 aliphatic heterocycles. The first-order chi connectivity index (χ1) is 7.90. The molecule has 1 saturated carbocycles. The first-order valence-electron chi connectivity index (χ1n) is 5.44. The highest BCUT2D eigenvalue weighted by Crippen LogP contribution is 2.38. The van der Waals surface area contributed by atoms with Gasteiger partial charge in [-0.25, -0.2) is 4.68 Å². The summed E-state index contributed by atoms with van der Waals surface area (Å²) in [4.78, 5) is 4.02. The lowest BCUT2D eigenvalue weighted by Crippen LogP contribution is -2.02. The van der Waals surface area contributed by atoms with E-state index >= 15 is 0 Å². The van der Waals surface area contributed by atoms with E-state index in [0.29, 0.717) is 12.6 Å². The van der Waals surface area contributed by atoms with Crippen LogP contribution in [0.3, 0.4) is 0 Å². The lowest BCUT2D eigenvalue weighted by Gasteiger charge is -2.05. The highest BCUT2D eigenvalue weighted by molar-refractivity contribution is 5.61. The molecule has 2 N–H and O–H groups in total. The van der Waals surface area contributed by atoms with Crippen molar-refractivity contribution in [2.24, 2.45) is 5.73 Å². The van der Waals surface area contributed by atoms with Gasteiger partial charge in [-0.1, -0.05) is 5.21 Å². The van der Waals surface area contributed by atoms with Gasteiger partial charge in [0.1, 0.15) is 5.69 Å². The summed E-state index contributed by atoms with van der Waals surface area (Å²) in [5.74, 6) is 0. The van der Waals surface area contributed by atoms with E-state index in [2.05, 4.69) is 15.3 Å². The summed E-state index contributed by atoms with van der Waals surface area (Å²) in [5, 5.41) is 8.33. The molecule has 5 heteroatoms. The maximum atomic E-state index is 5.69. The lowest BCUT2D eigenvalue weighted by atomic mass is 10.1. The summed E-state index contributed by atoms with van der Waals surface area (Å²) in [7, 11) is 0. The minimum absolute atomic E-state index is 0.421. The third-order valence-corrected chi connectivity index (χ3v) is 2.80. The van der Waals surface area contributed by atoms with Crippen LogP contribution in [0.4, 0.5) is 0 Å². The van der Waals surface area contributed by atoms with Crippen LogP contribution in [0, 0.1) is 0 Å². The van der Waals surface area contributed by atoms with Crippen LogP contribution in [-0.4, -0.2) is 20.0 Å². The van der Waals surface area contributed by atoms with Crippen molar-refractivity contribution in [3.8, 4) is 11.3 Å². The van der Waals surface area contributed by atoms with Crippen molar-refractivity contribution < 1.29 is 0 Å². The molecule has 0 spiro atoms. The smallest absolute Gasteiger partial charge is 0.104 e. The second-order valence-electron chi connectivity index (χ2n) is 4.00. The van der Waals surface area contributed by atoms with Crippen molar-refractivity contribution in [2.75, 3.05) is 0 Å². The van der Waals surface area contributed by atoms with Crippen LogP contribution in [0.2, 0.25) is 0 Å². The first kappa shape index (κ1) is 9.47. The van der Waals surface area contributed by atoms with Crippen LogP contribution in [0.1, 0.15) is 24.6 Å². The van der Waals surface area contributed by atoms with Crippen molar-refractivity contribution in [1.82, 2.24) is 20.0 Å². The molecule has 0 atom stereocenters. The summed E-state index contributed by atoms with van der Waals surface area (Å²) < 4.78 is 2.00. The minimum Gasteiger partial charge on any atom is -0.325 e. The second kappa shape index (κ2) is 3.68. The van der Waals surface area contributed by atoms with Crippen LogP contribution < -0.4 is 5.73 Å². The monoisotopic (exact) mass is 215 g/mol. The molecule has 2 heterocycles. The van der Waals surface area contributed by atoms with Crippen molar-refractivity contribution in [3.63, 3.8) is 0 Å². The zero-order chi connectivity index (χ0) is 11.0. The summed E-state index contributed by atoms with van der Waals surface area (Å²) in [6, 6.07) is 4.45. The quantitative estimate of drug-likeness (QED) is 0.833. The molecule has 0 saturated heterocycles. The number of rotatable bonds is 3. The van der Waals surface area contributed by atoms with E-state index in [9.17, 15) is 0 Å². The van der Waals surface area contributed by atoms with Gasteiger partial charge in [-0.3, -0.25) is 4.98 Å². The number of nitrogens with two attached hydrogens (primary N) is 1. The van der Waals surface area contributed by atoms with E-state index in [1.807, 2.05) is 16.8 Å². The molecule has 2 aromatic heterocycles. The SMILES string of the molecule is NCc1nnn(C2CC2)c1-c1ccncc1. The van der Waals surface area contributed by atoms with Gasteiger partial charge in [0.15, 0.2) is 0 Å². The number of hydrogen-bond donors (Lipinski definition) is 1. The zero-order valence-electron chi connectivity index (χ0n) is 8.87. The average Bonchev–Trinajstić information content (AvgIpc) is 3.09. The van der Waals surface area contributed by atoms with E-state index < -0.39 is 0 Å². The van der Waals surface area contributed by atoms with E-state index in [1.54, 1.807) is 12.4 Å². The molecule has 0 aromatic carbocycles. The Bertz CT molecular complexity index is 486. The summed E-state index contributed by atoms with van der Waals surface area (Å²) >= 11 is 0. The Morgan fingerprint density at radius 2 is 2.06 bits per heavy atom. The highest BCUT2D eigenvalue weighted by atomic mass is 15.5. The molecule has 2 aromatic rings. The van der Waals surface area contributed by atoms with Crippen LogP contribution in [0.25, 0.3) is 11.3 Å². The van der Waals surface area contributed by atoms with Gasteiger partial charge < -0.3 is 5.73 Å². The third kappa shape index (κ3) is 1.49. The maximum Gasteiger partial charge on any atom is 0.104 e. The van der Waals surface area contributed by atoms with Gasteiger partial charge in [0, 0.05) is 24.5 Å². The van der Waals surface area contributed by atoms with Crippen molar-refractivity contribution in [3.05, 3.63) is 30.2 Å². The molecule has 82 valence electrons. The van der Waals surface area contributed by atoms with Crippen LogP contribution in [-0.2, 0) is 6.54 Å². The second-order valence-corrected chi connectivity index (χ2v) is 4.00. The lowest BCUT2D eigenvalue weighted by molar-refractivity contribution is 0.616. The van der Waals surface area contributed by atoms with Crippen LogP contribution in [0.15, 0.2) is 24.5 Å². The van der Waals surface area contributed by atoms with Crippen molar-refractivity contribution in [1.29, 1.82) is 0 Å². The Balaban J connectivity index is 2.13. The van der Waals surface area contributed by atoms with Gasteiger partial charge >= 0.3 is 0 Å². The maximum absolute atomic E-state index is 5.69. The van der Waals surface area contributed by atoms with E-state index in [-0.39, 0.29) is 0 Å². The van der Waals surface area contributed by atoms with Crippen LogP contribution >= 0.6 is 0 Å². The van der Waals surface area contributed by atoms with Gasteiger partial charge in [-0.05, 0) is 25.0 Å². The Kier molecular flexibility index (Phi) is 2.18. The molecule has 0 radical (unpaired) electrons. The van der Waals surface area contributed by atoms with E-state index in [4.69, 9.17) is 5.73 Å². The predicted molar refractivity (Wildman–Crippen MR) is 59.4 cm³/mol. The summed E-state index contributed by atoms with van der Waals surface area (Å²) in [6.07, 6.45) is 5.93. The molecule has 1 aliphatic carbocycles. The number of pyridine rings is 1. The Morgan fingerprint density at radius 1 is 1.31 bits per heavy atom. The topological polar surface area (TPSA) is 69.6 Å². The molecular formula is C11H13N5. The summed E-state index contributed by atoms with van der Waals surface area (Å²) in [5.41, 5.74) is 8.69. The fourth-order valence-corrected chi connectivity index (χ4v) is 1.85. The molecule has 5 nitrogen and oxygen atoms in total. The van der Waals surface area contributed by atoms with Crippen molar-refractivity contribution in [2.45, 2.75) is 25.4 Å². The molecule has 3 rings (SSSR count). The molecule has 1 aliphatic rings. The molecule has 1 fully saturated rings. The Morgan fingerprint density at radius 3 is 2.69 bits per heavy atom. The Labute approximate surface area is 93.3 Å². The predicted octanol–water partition coefficient (Wildman–Crippen LogP) is 1.13. The van der Waals surface area contributed by atoms with Gasteiger partial charge in [0.05, 0.1) is 11.7 Å². The molecule has 0 unspecified atom stereocenters. The van der Waals surface area contributed by atoms with E-state index in [1.165, 1.54) is 12.8 Å². The highest BCUT2D eigenvalue weighted by Gasteiger charge is 2.28. The fourth-order valence-electron chi connectivity index (χ4n) is 1.85. The normalized spacial score (nSPS) is 15.3.